The van der Waals surface area contributed by atoms with Crippen molar-refractivity contribution in [1.29, 1.82) is 0 Å². The van der Waals surface area contributed by atoms with Crippen LogP contribution in [0.5, 0.6) is 0 Å². The fraction of sp³-hybridized carbons (Fsp3) is 0.733. The summed E-state index contributed by atoms with van der Waals surface area (Å²) in [4.78, 5) is 16.5. The lowest BCUT2D eigenvalue weighted by molar-refractivity contribution is -0.126. The Labute approximate surface area is 137 Å². The Kier molecular flexibility index (Phi) is 8.22. The van der Waals surface area contributed by atoms with E-state index >= 15 is 0 Å². The molecule has 2 heterocycles. The summed E-state index contributed by atoms with van der Waals surface area (Å²) in [5.41, 5.74) is 1.11. The second kappa shape index (κ2) is 9.38. The summed E-state index contributed by atoms with van der Waals surface area (Å²) in [6.07, 6.45) is 5.08. The van der Waals surface area contributed by atoms with Gasteiger partial charge in [0.25, 0.3) is 0 Å². The van der Waals surface area contributed by atoms with Crippen LogP contribution in [0.3, 0.4) is 0 Å². The van der Waals surface area contributed by atoms with Crippen molar-refractivity contribution in [2.45, 2.75) is 52.0 Å². The molecule has 0 aliphatic carbocycles. The van der Waals surface area contributed by atoms with E-state index in [1.807, 2.05) is 6.92 Å². The Balaban J connectivity index is 0.00000220. The van der Waals surface area contributed by atoms with Crippen LogP contribution in [0.15, 0.2) is 5.38 Å². The molecule has 21 heavy (non-hydrogen) atoms. The Morgan fingerprint density at radius 1 is 1.52 bits per heavy atom. The largest absolute Gasteiger partial charge is 0.356 e. The van der Waals surface area contributed by atoms with Crippen LogP contribution in [-0.4, -0.2) is 30.0 Å². The number of rotatable bonds is 6. The van der Waals surface area contributed by atoms with Crippen LogP contribution in [0.1, 0.15) is 43.3 Å². The van der Waals surface area contributed by atoms with Gasteiger partial charge in [-0.25, -0.2) is 4.98 Å². The molecule has 1 fully saturated rings. The number of aryl methyl sites for hydroxylation is 2. The zero-order valence-corrected chi connectivity index (χ0v) is 14.5. The SMILES string of the molecule is Cc1csc(CCCCNC(=O)[C@H]2CCN[C@@H](C)C2)n1.Cl. The Bertz CT molecular complexity index is 438. The normalized spacial score (nSPS) is 21.6. The van der Waals surface area contributed by atoms with Gasteiger partial charge in [0.05, 0.1) is 5.01 Å². The van der Waals surface area contributed by atoms with Gasteiger partial charge < -0.3 is 10.6 Å². The molecule has 0 unspecified atom stereocenters. The van der Waals surface area contributed by atoms with Crippen LogP contribution in [0.4, 0.5) is 0 Å². The standard InChI is InChI=1S/C15H25N3OS.ClH/c1-11-9-13(6-8-16-11)15(19)17-7-4-3-5-14-18-12(2)10-20-14;/h10-11,13,16H,3-9H2,1-2H3,(H,17,19);1H/t11-,13-;/m0./s1. The molecule has 1 aliphatic rings. The van der Waals surface area contributed by atoms with Gasteiger partial charge in [0.15, 0.2) is 0 Å². The minimum absolute atomic E-state index is 0. The molecular formula is C15H26ClN3OS. The quantitative estimate of drug-likeness (QED) is 0.788. The molecule has 1 aromatic rings. The minimum Gasteiger partial charge on any atom is -0.356 e. The molecule has 1 amide bonds. The number of carbonyl (C=O) groups excluding carboxylic acids is 1. The molecule has 6 heteroatoms. The monoisotopic (exact) mass is 331 g/mol. The van der Waals surface area contributed by atoms with E-state index in [1.165, 1.54) is 5.01 Å². The average Bonchev–Trinajstić information content (AvgIpc) is 2.84. The number of nitrogens with zero attached hydrogens (tertiary/aromatic N) is 1. The zero-order valence-electron chi connectivity index (χ0n) is 12.9. The van der Waals surface area contributed by atoms with E-state index < -0.39 is 0 Å². The van der Waals surface area contributed by atoms with Gasteiger partial charge in [0.1, 0.15) is 0 Å². The average molecular weight is 332 g/mol. The number of hydrogen-bond acceptors (Lipinski definition) is 4. The van der Waals surface area contributed by atoms with Crippen molar-refractivity contribution in [2.24, 2.45) is 5.92 Å². The van der Waals surface area contributed by atoms with Crippen LogP contribution >= 0.6 is 23.7 Å². The number of nitrogens with one attached hydrogen (secondary N) is 2. The second-order valence-electron chi connectivity index (χ2n) is 5.71. The van der Waals surface area contributed by atoms with Crippen molar-refractivity contribution in [3.63, 3.8) is 0 Å². The number of unbranched alkanes of at least 4 members (excludes halogenated alkanes) is 1. The third kappa shape index (κ3) is 6.32. The summed E-state index contributed by atoms with van der Waals surface area (Å²) < 4.78 is 0. The predicted octanol–water partition coefficient (Wildman–Crippen LogP) is 2.70. The first-order valence-corrected chi connectivity index (χ1v) is 8.45. The molecule has 0 bridgehead atoms. The van der Waals surface area contributed by atoms with E-state index in [1.54, 1.807) is 11.3 Å². The van der Waals surface area contributed by atoms with Gasteiger partial charge >= 0.3 is 0 Å². The van der Waals surface area contributed by atoms with Gasteiger partial charge in [-0.2, -0.15) is 0 Å². The van der Waals surface area contributed by atoms with Crippen LogP contribution in [0.2, 0.25) is 0 Å². The maximum absolute atomic E-state index is 12.0. The fourth-order valence-corrected chi connectivity index (χ4v) is 3.46. The highest BCUT2D eigenvalue weighted by Gasteiger charge is 2.24. The summed E-state index contributed by atoms with van der Waals surface area (Å²) >= 11 is 1.73. The molecule has 2 atom stereocenters. The highest BCUT2D eigenvalue weighted by Crippen LogP contribution is 2.16. The van der Waals surface area contributed by atoms with Crippen LogP contribution in [0.25, 0.3) is 0 Å². The zero-order chi connectivity index (χ0) is 14.4. The third-order valence-corrected chi connectivity index (χ3v) is 4.80. The van der Waals surface area contributed by atoms with Gasteiger partial charge in [-0.15, -0.1) is 23.7 Å². The van der Waals surface area contributed by atoms with Crippen LogP contribution in [0, 0.1) is 12.8 Å². The lowest BCUT2D eigenvalue weighted by Gasteiger charge is -2.27. The van der Waals surface area contributed by atoms with E-state index in [0.717, 1.165) is 50.9 Å². The molecule has 1 aromatic heterocycles. The van der Waals surface area contributed by atoms with Crippen molar-refractivity contribution < 1.29 is 4.79 Å². The van der Waals surface area contributed by atoms with Gasteiger partial charge in [-0.3, -0.25) is 4.79 Å². The van der Waals surface area contributed by atoms with Gasteiger partial charge in [0.2, 0.25) is 5.91 Å². The third-order valence-electron chi connectivity index (χ3n) is 3.78. The van der Waals surface area contributed by atoms with Crippen molar-refractivity contribution in [1.82, 2.24) is 15.6 Å². The number of hydrogen-bond donors (Lipinski definition) is 2. The predicted molar refractivity (Wildman–Crippen MR) is 90.2 cm³/mol. The van der Waals surface area contributed by atoms with Crippen molar-refractivity contribution in [3.8, 4) is 0 Å². The number of carbonyl (C=O) groups is 1. The lowest BCUT2D eigenvalue weighted by Crippen LogP contribution is -2.42. The maximum Gasteiger partial charge on any atom is 0.223 e. The van der Waals surface area contributed by atoms with Crippen molar-refractivity contribution >= 4 is 29.7 Å². The Morgan fingerprint density at radius 3 is 3.00 bits per heavy atom. The molecule has 0 aromatic carbocycles. The van der Waals surface area contributed by atoms with Gasteiger partial charge in [-0.05, 0) is 52.5 Å². The molecular weight excluding hydrogens is 306 g/mol. The first kappa shape index (κ1) is 18.4. The molecule has 2 N–H and O–H groups in total. The molecule has 4 nitrogen and oxygen atoms in total. The molecule has 0 saturated carbocycles. The van der Waals surface area contributed by atoms with Gasteiger partial charge in [-0.1, -0.05) is 0 Å². The number of thiazole rings is 1. The number of halogens is 1. The summed E-state index contributed by atoms with van der Waals surface area (Å²) in [5.74, 6) is 0.441. The minimum atomic E-state index is 0. The van der Waals surface area contributed by atoms with E-state index in [9.17, 15) is 4.79 Å². The molecule has 1 saturated heterocycles. The highest BCUT2D eigenvalue weighted by molar-refractivity contribution is 7.09. The Morgan fingerprint density at radius 2 is 2.33 bits per heavy atom. The first-order valence-electron chi connectivity index (χ1n) is 7.57. The fourth-order valence-electron chi connectivity index (χ4n) is 2.64. The molecule has 120 valence electrons. The lowest BCUT2D eigenvalue weighted by atomic mass is 9.92. The summed E-state index contributed by atoms with van der Waals surface area (Å²) in [7, 11) is 0. The van der Waals surface area contributed by atoms with E-state index in [0.29, 0.717) is 6.04 Å². The van der Waals surface area contributed by atoms with Gasteiger partial charge in [0, 0.05) is 29.6 Å². The van der Waals surface area contributed by atoms with E-state index in [-0.39, 0.29) is 24.2 Å². The molecule has 0 spiro atoms. The molecule has 0 radical (unpaired) electrons. The first-order chi connectivity index (χ1) is 9.65. The second-order valence-corrected chi connectivity index (χ2v) is 6.65. The summed E-state index contributed by atoms with van der Waals surface area (Å²) in [6.45, 7) is 5.93. The summed E-state index contributed by atoms with van der Waals surface area (Å²) in [5, 5.41) is 9.76. The number of amides is 1. The topological polar surface area (TPSA) is 54.0 Å². The highest BCUT2D eigenvalue weighted by atomic mass is 35.5. The summed E-state index contributed by atoms with van der Waals surface area (Å²) in [6, 6.07) is 0.465. The van der Waals surface area contributed by atoms with Crippen LogP contribution < -0.4 is 10.6 Å². The van der Waals surface area contributed by atoms with Crippen molar-refractivity contribution in [3.05, 3.63) is 16.1 Å². The molecule has 2 rings (SSSR count). The van der Waals surface area contributed by atoms with Crippen LogP contribution in [-0.2, 0) is 11.2 Å². The van der Waals surface area contributed by atoms with E-state index in [2.05, 4.69) is 27.9 Å². The Hall–Kier alpha value is -0.650. The smallest absolute Gasteiger partial charge is 0.223 e. The number of aromatic nitrogens is 1. The van der Waals surface area contributed by atoms with Crippen molar-refractivity contribution in [2.75, 3.05) is 13.1 Å². The number of piperidine rings is 1. The van der Waals surface area contributed by atoms with E-state index in [4.69, 9.17) is 0 Å². The maximum atomic E-state index is 12.0. The molecule has 1 aliphatic heterocycles.